The molecule has 1 atom stereocenters. The van der Waals surface area contributed by atoms with Crippen molar-refractivity contribution in [1.82, 2.24) is 4.98 Å². The molecule has 0 aliphatic carbocycles. The largest absolute Gasteiger partial charge is 0.476 e. The van der Waals surface area contributed by atoms with Gasteiger partial charge in [0.2, 0.25) is 0 Å². The number of carboxylic acids is 1. The molecule has 1 aromatic heterocycles. The van der Waals surface area contributed by atoms with Crippen molar-refractivity contribution in [3.05, 3.63) is 11.1 Å². The second-order valence-corrected chi connectivity index (χ2v) is 3.63. The predicted octanol–water partition coefficient (Wildman–Crippen LogP) is 0.637. The number of hydrogen-bond acceptors (Lipinski definition) is 5. The maximum Gasteiger partial charge on any atom is 0.355 e. The molecule has 3 N–H and O–H groups in total. The summed E-state index contributed by atoms with van der Waals surface area (Å²) in [6.45, 7) is -0.119. The molecule has 1 rings (SSSR count). The Bertz CT molecular complexity index is 383. The second kappa shape index (κ2) is 5.34. The fourth-order valence-corrected chi connectivity index (χ4v) is 1.68. The number of thiazole rings is 1. The van der Waals surface area contributed by atoms with E-state index in [1.807, 2.05) is 0 Å². The molecular weight excluding hydrogens is 216 g/mol. The minimum atomic E-state index is -1.07. The van der Waals surface area contributed by atoms with E-state index in [0.717, 1.165) is 11.3 Å². The summed E-state index contributed by atoms with van der Waals surface area (Å²) in [7, 11) is 0. The summed E-state index contributed by atoms with van der Waals surface area (Å²) < 4.78 is 0. The molecule has 0 aromatic carbocycles. The number of aliphatic hydroxyl groups is 1. The summed E-state index contributed by atoms with van der Waals surface area (Å²) in [6.07, 6.45) is 5.46. The van der Waals surface area contributed by atoms with Crippen LogP contribution in [0, 0.1) is 12.3 Å². The number of aliphatic hydroxyl groups excluding tert-OH is 1. The standard InChI is InChI=1S/C9H10N2O3S/c1-2-3-6(4-12)10-9-11-7(5-15-9)8(13)14/h1,5-6,12H,3-4H2,(H,10,11)(H,13,14). The highest BCUT2D eigenvalue weighted by Gasteiger charge is 2.11. The molecule has 0 spiro atoms. The fraction of sp³-hybridized carbons (Fsp3) is 0.333. The molecule has 0 saturated heterocycles. The van der Waals surface area contributed by atoms with Gasteiger partial charge in [0.25, 0.3) is 0 Å². The van der Waals surface area contributed by atoms with Gasteiger partial charge in [-0.3, -0.25) is 0 Å². The number of anilines is 1. The lowest BCUT2D eigenvalue weighted by Crippen LogP contribution is -2.23. The van der Waals surface area contributed by atoms with Gasteiger partial charge in [0.05, 0.1) is 12.6 Å². The van der Waals surface area contributed by atoms with Crippen molar-refractivity contribution in [2.24, 2.45) is 0 Å². The summed E-state index contributed by atoms with van der Waals surface area (Å²) >= 11 is 1.16. The Labute approximate surface area is 90.8 Å². The van der Waals surface area contributed by atoms with Crippen LogP contribution in [0.25, 0.3) is 0 Å². The van der Waals surface area contributed by atoms with Gasteiger partial charge >= 0.3 is 5.97 Å². The fourth-order valence-electron chi connectivity index (χ4n) is 0.916. The van der Waals surface area contributed by atoms with E-state index in [1.165, 1.54) is 5.38 Å². The lowest BCUT2D eigenvalue weighted by Gasteiger charge is -2.11. The van der Waals surface area contributed by atoms with Crippen LogP contribution in [0.15, 0.2) is 5.38 Å². The lowest BCUT2D eigenvalue weighted by atomic mass is 10.2. The van der Waals surface area contributed by atoms with E-state index in [-0.39, 0.29) is 18.3 Å². The van der Waals surface area contributed by atoms with Gasteiger partial charge in [0.15, 0.2) is 10.8 Å². The molecular formula is C9H10N2O3S. The predicted molar refractivity (Wildman–Crippen MR) is 57.0 cm³/mol. The molecule has 0 aliphatic rings. The highest BCUT2D eigenvalue weighted by atomic mass is 32.1. The van der Waals surface area contributed by atoms with E-state index in [9.17, 15) is 4.79 Å². The monoisotopic (exact) mass is 226 g/mol. The summed E-state index contributed by atoms with van der Waals surface area (Å²) in [5.41, 5.74) is -0.0140. The molecule has 1 heterocycles. The summed E-state index contributed by atoms with van der Waals surface area (Å²) in [4.78, 5) is 14.3. The zero-order valence-corrected chi connectivity index (χ0v) is 8.62. The smallest absolute Gasteiger partial charge is 0.355 e. The Morgan fingerprint density at radius 1 is 1.80 bits per heavy atom. The molecule has 5 nitrogen and oxygen atoms in total. The molecule has 80 valence electrons. The number of terminal acetylenes is 1. The minimum Gasteiger partial charge on any atom is -0.476 e. The van der Waals surface area contributed by atoms with Crippen LogP contribution < -0.4 is 5.32 Å². The molecule has 0 fully saturated rings. The van der Waals surface area contributed by atoms with Crippen molar-refractivity contribution >= 4 is 22.4 Å². The van der Waals surface area contributed by atoms with Crippen LogP contribution in [0.4, 0.5) is 5.13 Å². The highest BCUT2D eigenvalue weighted by molar-refractivity contribution is 7.13. The van der Waals surface area contributed by atoms with E-state index in [1.54, 1.807) is 0 Å². The first kappa shape index (κ1) is 11.5. The Hall–Kier alpha value is -1.58. The van der Waals surface area contributed by atoms with Crippen LogP contribution in [0.2, 0.25) is 0 Å². The third-order valence-corrected chi connectivity index (χ3v) is 2.41. The summed E-state index contributed by atoms with van der Waals surface area (Å²) in [5.74, 6) is 1.33. The Kier molecular flexibility index (Phi) is 4.09. The van der Waals surface area contributed by atoms with Crippen LogP contribution in [0.3, 0.4) is 0 Å². The highest BCUT2D eigenvalue weighted by Crippen LogP contribution is 2.16. The van der Waals surface area contributed by atoms with Crippen LogP contribution in [0.5, 0.6) is 0 Å². The van der Waals surface area contributed by atoms with Gasteiger partial charge in [-0.15, -0.1) is 23.7 Å². The summed E-state index contributed by atoms with van der Waals surface area (Å²) in [5, 5.41) is 22.3. The van der Waals surface area contributed by atoms with Crippen molar-refractivity contribution in [1.29, 1.82) is 0 Å². The molecule has 1 aromatic rings. The van der Waals surface area contributed by atoms with E-state index >= 15 is 0 Å². The molecule has 15 heavy (non-hydrogen) atoms. The van der Waals surface area contributed by atoms with Crippen LogP contribution in [-0.4, -0.2) is 33.8 Å². The van der Waals surface area contributed by atoms with Gasteiger partial charge in [-0.1, -0.05) is 0 Å². The molecule has 0 saturated carbocycles. The summed E-state index contributed by atoms with van der Waals surface area (Å²) in [6, 6.07) is -0.289. The first-order valence-corrected chi connectivity index (χ1v) is 5.05. The van der Waals surface area contributed by atoms with Gasteiger partial charge in [0.1, 0.15) is 0 Å². The molecule has 0 amide bonds. The molecule has 0 aliphatic heterocycles. The first-order valence-electron chi connectivity index (χ1n) is 4.17. The topological polar surface area (TPSA) is 82.5 Å². The number of nitrogens with one attached hydrogen (secondary N) is 1. The van der Waals surface area contributed by atoms with Gasteiger partial charge in [0, 0.05) is 11.8 Å². The zero-order valence-electron chi connectivity index (χ0n) is 7.80. The molecule has 0 bridgehead atoms. The van der Waals surface area contributed by atoms with Crippen molar-refractivity contribution in [2.45, 2.75) is 12.5 Å². The van der Waals surface area contributed by atoms with E-state index < -0.39 is 5.97 Å². The first-order chi connectivity index (χ1) is 7.17. The number of carboxylic acid groups (broad SMARTS) is 1. The quantitative estimate of drug-likeness (QED) is 0.642. The van der Waals surface area contributed by atoms with Crippen molar-refractivity contribution in [2.75, 3.05) is 11.9 Å². The third kappa shape index (κ3) is 3.23. The van der Waals surface area contributed by atoms with Crippen LogP contribution >= 0.6 is 11.3 Å². The molecule has 1 unspecified atom stereocenters. The van der Waals surface area contributed by atoms with Gasteiger partial charge in [-0.25, -0.2) is 9.78 Å². The normalized spacial score (nSPS) is 11.7. The Morgan fingerprint density at radius 2 is 2.53 bits per heavy atom. The number of hydrogen-bond donors (Lipinski definition) is 3. The Balaban J connectivity index is 2.64. The number of rotatable bonds is 5. The maximum atomic E-state index is 10.5. The SMILES string of the molecule is C#CCC(CO)Nc1nc(C(=O)O)cs1. The van der Waals surface area contributed by atoms with Crippen molar-refractivity contribution < 1.29 is 15.0 Å². The molecule has 6 heteroatoms. The number of nitrogens with zero attached hydrogens (tertiary/aromatic N) is 1. The average molecular weight is 226 g/mol. The number of aromatic carboxylic acids is 1. The Morgan fingerprint density at radius 3 is 3.00 bits per heavy atom. The van der Waals surface area contributed by atoms with Crippen molar-refractivity contribution in [3.63, 3.8) is 0 Å². The van der Waals surface area contributed by atoms with Gasteiger partial charge in [-0.05, 0) is 0 Å². The minimum absolute atomic E-state index is 0.0140. The van der Waals surface area contributed by atoms with Crippen molar-refractivity contribution in [3.8, 4) is 12.3 Å². The van der Waals surface area contributed by atoms with E-state index in [4.69, 9.17) is 16.6 Å². The number of carbonyl (C=O) groups is 1. The molecule has 0 radical (unpaired) electrons. The lowest BCUT2D eigenvalue weighted by molar-refractivity contribution is 0.0691. The van der Waals surface area contributed by atoms with Crippen LogP contribution in [-0.2, 0) is 0 Å². The third-order valence-electron chi connectivity index (χ3n) is 1.64. The maximum absolute atomic E-state index is 10.5. The van der Waals surface area contributed by atoms with Gasteiger partial charge < -0.3 is 15.5 Å². The van der Waals surface area contributed by atoms with Gasteiger partial charge in [-0.2, -0.15) is 0 Å². The zero-order chi connectivity index (χ0) is 11.3. The van der Waals surface area contributed by atoms with E-state index in [0.29, 0.717) is 11.6 Å². The van der Waals surface area contributed by atoms with E-state index in [2.05, 4.69) is 16.2 Å². The number of aromatic nitrogens is 1. The second-order valence-electron chi connectivity index (χ2n) is 2.78. The van der Waals surface area contributed by atoms with Crippen LogP contribution in [0.1, 0.15) is 16.9 Å². The average Bonchev–Trinajstić information content (AvgIpc) is 2.65.